The molecule has 0 saturated carbocycles. The molecule has 22 heavy (non-hydrogen) atoms. The first-order valence-corrected chi connectivity index (χ1v) is 7.65. The van der Waals surface area contributed by atoms with Gasteiger partial charge in [0.05, 0.1) is 13.2 Å². The minimum atomic E-state index is -0.456. The predicted molar refractivity (Wildman–Crippen MR) is 84.8 cm³/mol. The Morgan fingerprint density at radius 1 is 1.41 bits per heavy atom. The zero-order valence-corrected chi connectivity index (χ0v) is 13.2. The fourth-order valence-electron chi connectivity index (χ4n) is 1.83. The molecule has 3 N–H and O–H groups in total. The number of carbonyl (C=O) groups excluding carboxylic acids is 2. The number of esters is 1. The minimum Gasteiger partial charge on any atom is -0.461 e. The van der Waals surface area contributed by atoms with Crippen LogP contribution in [-0.2, 0) is 11.3 Å². The van der Waals surface area contributed by atoms with E-state index in [2.05, 4.69) is 10.3 Å². The number of benzene rings is 1. The van der Waals surface area contributed by atoms with Crippen molar-refractivity contribution in [1.82, 2.24) is 10.3 Å². The summed E-state index contributed by atoms with van der Waals surface area (Å²) >= 11 is 1.30. The minimum absolute atomic E-state index is 0.224. The second-order valence-electron chi connectivity index (χ2n) is 4.60. The second-order valence-corrected chi connectivity index (χ2v) is 5.55. The van der Waals surface area contributed by atoms with Crippen LogP contribution in [0.3, 0.4) is 0 Å². The quantitative estimate of drug-likeness (QED) is 0.650. The first-order chi connectivity index (χ1) is 10.5. The molecule has 2 aromatic rings. The van der Waals surface area contributed by atoms with E-state index in [9.17, 15) is 9.59 Å². The van der Waals surface area contributed by atoms with E-state index in [1.807, 2.05) is 6.92 Å². The maximum absolute atomic E-state index is 12.2. The Morgan fingerprint density at radius 2 is 2.18 bits per heavy atom. The number of nitrogens with zero attached hydrogens (tertiary/aromatic N) is 1. The highest BCUT2D eigenvalue weighted by Gasteiger charge is 2.13. The van der Waals surface area contributed by atoms with Gasteiger partial charge >= 0.3 is 5.97 Å². The number of amides is 1. The van der Waals surface area contributed by atoms with Crippen LogP contribution in [0, 0.1) is 6.92 Å². The number of nitrogen functional groups attached to an aromatic ring is 1. The lowest BCUT2D eigenvalue weighted by Crippen LogP contribution is -2.23. The SMILES string of the molecule is CCOC(=O)c1csc(CNC(=O)c2cc(N)ccc2C)n1. The van der Waals surface area contributed by atoms with Gasteiger partial charge in [0.25, 0.3) is 5.91 Å². The Bertz CT molecular complexity index is 697. The van der Waals surface area contributed by atoms with Crippen LogP contribution in [0.25, 0.3) is 0 Å². The Labute approximate surface area is 132 Å². The molecular weight excluding hydrogens is 302 g/mol. The van der Waals surface area contributed by atoms with Gasteiger partial charge in [0, 0.05) is 16.6 Å². The Kier molecular flexibility index (Phi) is 5.11. The Balaban J connectivity index is 1.99. The van der Waals surface area contributed by atoms with Crippen LogP contribution >= 0.6 is 11.3 Å². The summed E-state index contributed by atoms with van der Waals surface area (Å²) in [6, 6.07) is 5.18. The fraction of sp³-hybridized carbons (Fsp3) is 0.267. The molecule has 1 heterocycles. The van der Waals surface area contributed by atoms with Crippen molar-refractivity contribution in [3.05, 3.63) is 45.4 Å². The molecule has 116 valence electrons. The smallest absolute Gasteiger partial charge is 0.357 e. The summed E-state index contributed by atoms with van der Waals surface area (Å²) in [5.74, 6) is -0.680. The summed E-state index contributed by atoms with van der Waals surface area (Å²) in [5, 5.41) is 5.02. The molecule has 0 radical (unpaired) electrons. The first-order valence-electron chi connectivity index (χ1n) is 6.77. The van der Waals surface area contributed by atoms with E-state index in [1.54, 1.807) is 30.5 Å². The van der Waals surface area contributed by atoms with Gasteiger partial charge in [-0.3, -0.25) is 4.79 Å². The maximum atomic E-state index is 12.2. The number of thiazole rings is 1. The average molecular weight is 319 g/mol. The zero-order chi connectivity index (χ0) is 16.1. The molecule has 6 nitrogen and oxygen atoms in total. The van der Waals surface area contributed by atoms with Gasteiger partial charge in [-0.2, -0.15) is 0 Å². The number of anilines is 1. The van der Waals surface area contributed by atoms with E-state index in [-0.39, 0.29) is 18.1 Å². The van der Waals surface area contributed by atoms with Crippen molar-refractivity contribution >= 4 is 28.9 Å². The summed E-state index contributed by atoms with van der Waals surface area (Å²) in [6.45, 7) is 4.13. The summed E-state index contributed by atoms with van der Waals surface area (Å²) in [4.78, 5) is 27.8. The van der Waals surface area contributed by atoms with E-state index >= 15 is 0 Å². The van der Waals surface area contributed by atoms with E-state index in [0.29, 0.717) is 22.9 Å². The van der Waals surface area contributed by atoms with E-state index in [4.69, 9.17) is 10.5 Å². The molecule has 1 amide bonds. The van der Waals surface area contributed by atoms with Crippen molar-refractivity contribution < 1.29 is 14.3 Å². The van der Waals surface area contributed by atoms with E-state index in [0.717, 1.165) is 5.56 Å². The third-order valence-corrected chi connectivity index (χ3v) is 3.79. The molecule has 7 heteroatoms. The average Bonchev–Trinajstić information content (AvgIpc) is 2.96. The van der Waals surface area contributed by atoms with Gasteiger partial charge in [-0.15, -0.1) is 11.3 Å². The number of hydrogen-bond donors (Lipinski definition) is 2. The monoisotopic (exact) mass is 319 g/mol. The van der Waals surface area contributed by atoms with Gasteiger partial charge in [0.1, 0.15) is 5.01 Å². The van der Waals surface area contributed by atoms with Crippen molar-refractivity contribution in [2.45, 2.75) is 20.4 Å². The van der Waals surface area contributed by atoms with E-state index in [1.165, 1.54) is 11.3 Å². The van der Waals surface area contributed by atoms with Crippen LogP contribution in [0.15, 0.2) is 23.6 Å². The number of hydrogen-bond acceptors (Lipinski definition) is 6. The third kappa shape index (κ3) is 3.82. The molecule has 0 spiro atoms. The summed E-state index contributed by atoms with van der Waals surface area (Å²) in [5.41, 5.74) is 7.87. The fourth-order valence-corrected chi connectivity index (χ4v) is 2.53. The molecule has 0 aliphatic carbocycles. The van der Waals surface area contributed by atoms with Crippen molar-refractivity contribution in [1.29, 1.82) is 0 Å². The normalized spacial score (nSPS) is 10.3. The standard InChI is InChI=1S/C15H17N3O3S/c1-3-21-15(20)12-8-22-13(18-12)7-17-14(19)11-6-10(16)5-4-9(11)2/h4-6,8H,3,7,16H2,1-2H3,(H,17,19). The largest absolute Gasteiger partial charge is 0.461 e. The topological polar surface area (TPSA) is 94.3 Å². The van der Waals surface area contributed by atoms with Crippen molar-refractivity contribution in [2.24, 2.45) is 0 Å². The number of ether oxygens (including phenoxy) is 1. The molecule has 0 fully saturated rings. The molecule has 0 atom stereocenters. The highest BCUT2D eigenvalue weighted by molar-refractivity contribution is 7.09. The van der Waals surface area contributed by atoms with Gasteiger partial charge in [-0.05, 0) is 31.5 Å². The Morgan fingerprint density at radius 3 is 2.91 bits per heavy atom. The molecular formula is C15H17N3O3S. The summed E-state index contributed by atoms with van der Waals surface area (Å²) in [7, 11) is 0. The van der Waals surface area contributed by atoms with Gasteiger partial charge in [-0.1, -0.05) is 6.07 Å². The molecule has 2 rings (SSSR count). The van der Waals surface area contributed by atoms with E-state index < -0.39 is 5.97 Å². The van der Waals surface area contributed by atoms with Gasteiger partial charge < -0.3 is 15.8 Å². The molecule has 1 aromatic heterocycles. The molecule has 0 bridgehead atoms. The van der Waals surface area contributed by atoms with Crippen LogP contribution in [0.1, 0.15) is 38.3 Å². The number of aromatic nitrogens is 1. The lowest BCUT2D eigenvalue weighted by Gasteiger charge is -2.07. The van der Waals surface area contributed by atoms with Crippen LogP contribution in [0.5, 0.6) is 0 Å². The van der Waals surface area contributed by atoms with Gasteiger partial charge in [-0.25, -0.2) is 9.78 Å². The van der Waals surface area contributed by atoms with Gasteiger partial charge in [0.2, 0.25) is 0 Å². The number of rotatable bonds is 5. The van der Waals surface area contributed by atoms with Crippen LogP contribution in [0.2, 0.25) is 0 Å². The zero-order valence-electron chi connectivity index (χ0n) is 12.4. The summed E-state index contributed by atoms with van der Waals surface area (Å²) in [6.07, 6.45) is 0. The van der Waals surface area contributed by atoms with Crippen LogP contribution in [0.4, 0.5) is 5.69 Å². The lowest BCUT2D eigenvalue weighted by atomic mass is 10.1. The van der Waals surface area contributed by atoms with Crippen molar-refractivity contribution in [3.8, 4) is 0 Å². The number of aryl methyl sites for hydroxylation is 1. The summed E-state index contributed by atoms with van der Waals surface area (Å²) < 4.78 is 4.87. The number of carbonyl (C=O) groups is 2. The van der Waals surface area contributed by atoms with Crippen molar-refractivity contribution in [2.75, 3.05) is 12.3 Å². The highest BCUT2D eigenvalue weighted by atomic mass is 32.1. The van der Waals surface area contributed by atoms with Crippen LogP contribution in [-0.4, -0.2) is 23.5 Å². The Hall–Kier alpha value is -2.41. The molecule has 0 saturated heterocycles. The highest BCUT2D eigenvalue weighted by Crippen LogP contribution is 2.14. The van der Waals surface area contributed by atoms with Crippen LogP contribution < -0.4 is 11.1 Å². The molecule has 0 unspecified atom stereocenters. The molecule has 0 aliphatic heterocycles. The number of nitrogens with two attached hydrogens (primary N) is 1. The predicted octanol–water partition coefficient (Wildman–Crippen LogP) is 2.14. The number of nitrogens with one attached hydrogen (secondary N) is 1. The first kappa shape index (κ1) is 16.0. The molecule has 1 aromatic carbocycles. The lowest BCUT2D eigenvalue weighted by molar-refractivity contribution is 0.0520. The third-order valence-electron chi connectivity index (χ3n) is 2.94. The second kappa shape index (κ2) is 7.04. The molecule has 0 aliphatic rings. The maximum Gasteiger partial charge on any atom is 0.357 e. The van der Waals surface area contributed by atoms with Crippen molar-refractivity contribution in [3.63, 3.8) is 0 Å². The van der Waals surface area contributed by atoms with Gasteiger partial charge in [0.15, 0.2) is 5.69 Å².